The number of aliphatic hydroxyl groups is 1. The van der Waals surface area contributed by atoms with E-state index in [0.29, 0.717) is 0 Å². The summed E-state index contributed by atoms with van der Waals surface area (Å²) in [7, 11) is -4.87. The Bertz CT molecular complexity index is 187. The zero-order valence-corrected chi connectivity index (χ0v) is 6.71. The van der Waals surface area contributed by atoms with E-state index < -0.39 is 25.9 Å². The van der Waals surface area contributed by atoms with Gasteiger partial charge in [-0.05, 0) is 6.92 Å². The highest BCUT2D eigenvalue weighted by Gasteiger charge is 2.14. The van der Waals surface area contributed by atoms with Gasteiger partial charge in [-0.25, -0.2) is 0 Å². The molecule has 0 aliphatic carbocycles. The van der Waals surface area contributed by atoms with E-state index in [2.05, 4.69) is 0 Å². The number of aliphatic hydroxyl groups excluding tert-OH is 1. The second-order valence-electron chi connectivity index (χ2n) is 1.91. The zero-order chi connectivity index (χ0) is 9.07. The molecule has 6 nitrogen and oxygen atoms in total. The molecular weight excluding hydrogens is 173 g/mol. The molecule has 0 rings (SSSR count). The van der Waals surface area contributed by atoms with Gasteiger partial charge in [0.15, 0.2) is 0 Å². The average Bonchev–Trinajstić information content (AvgIpc) is 1.85. The maximum Gasteiger partial charge on any atom is 0.229 e. The molecule has 0 aliphatic rings. The first kappa shape index (κ1) is 10.6. The summed E-state index contributed by atoms with van der Waals surface area (Å²) in [5.41, 5.74) is -1.63. The van der Waals surface area contributed by atoms with Gasteiger partial charge in [0, 0.05) is 0 Å². The molecule has 7 heteroatoms. The molecule has 0 aliphatic heterocycles. The van der Waals surface area contributed by atoms with Crippen molar-refractivity contribution in [2.45, 2.75) is 12.6 Å². The van der Waals surface area contributed by atoms with Crippen molar-refractivity contribution in [3.63, 3.8) is 0 Å². The van der Waals surface area contributed by atoms with Crippen molar-refractivity contribution in [2.75, 3.05) is 6.73 Å². The third-order valence-electron chi connectivity index (χ3n) is 1.11. The third-order valence-corrected chi connectivity index (χ3v) is 2.29. The molecule has 66 valence electrons. The fourth-order valence-electron chi connectivity index (χ4n) is 0.369. The molecule has 0 fully saturated rings. The van der Waals surface area contributed by atoms with Crippen LogP contribution in [-0.4, -0.2) is 23.4 Å². The van der Waals surface area contributed by atoms with Crippen LogP contribution in [0.4, 0.5) is 0 Å². The highest BCUT2D eigenvalue weighted by Crippen LogP contribution is 2.30. The van der Waals surface area contributed by atoms with Crippen molar-refractivity contribution in [3.8, 4) is 0 Å². The van der Waals surface area contributed by atoms with Gasteiger partial charge < -0.3 is 24.8 Å². The molecule has 1 atom stereocenters. The van der Waals surface area contributed by atoms with Crippen molar-refractivity contribution in [1.29, 1.82) is 0 Å². The Morgan fingerprint density at radius 1 is 1.73 bits per heavy atom. The van der Waals surface area contributed by atoms with E-state index in [-0.39, 0.29) is 0 Å². The maximum atomic E-state index is 10.5. The molecule has 0 spiro atoms. The fourth-order valence-corrected chi connectivity index (χ4v) is 0.748. The van der Waals surface area contributed by atoms with E-state index in [9.17, 15) is 19.1 Å². The number of carbonyl (C=O) groups is 1. The third kappa shape index (κ3) is 3.48. The lowest BCUT2D eigenvalue weighted by Crippen LogP contribution is -2.38. The minimum atomic E-state index is -4.87. The molecule has 0 saturated carbocycles. The van der Waals surface area contributed by atoms with Gasteiger partial charge in [0.05, 0.1) is 5.66 Å². The summed E-state index contributed by atoms with van der Waals surface area (Å²) >= 11 is 0. The number of rotatable bonds is 3. The van der Waals surface area contributed by atoms with Crippen LogP contribution in [-0.2, 0) is 9.36 Å². The van der Waals surface area contributed by atoms with Crippen molar-refractivity contribution < 1.29 is 24.3 Å². The van der Waals surface area contributed by atoms with Crippen LogP contribution in [0.1, 0.15) is 6.92 Å². The quantitative estimate of drug-likeness (QED) is 0.365. The average molecular weight is 181 g/mol. The van der Waals surface area contributed by atoms with Crippen LogP contribution in [0.2, 0.25) is 0 Å². The summed E-state index contributed by atoms with van der Waals surface area (Å²) in [4.78, 5) is 30.9. The topological polar surface area (TPSA) is 113 Å². The van der Waals surface area contributed by atoms with Gasteiger partial charge in [0.25, 0.3) is 0 Å². The van der Waals surface area contributed by atoms with E-state index in [1.165, 1.54) is 0 Å². The summed E-state index contributed by atoms with van der Waals surface area (Å²) in [6.45, 7) is 0.287. The fraction of sp³-hybridized carbons (Fsp3) is 0.750. The maximum absolute atomic E-state index is 10.5. The van der Waals surface area contributed by atoms with E-state index in [1.807, 2.05) is 0 Å². The molecule has 0 aromatic rings. The smallest absolute Gasteiger partial charge is 0.229 e. The molecular formula is C4H8NO5P-2. The molecule has 1 amide bonds. The van der Waals surface area contributed by atoms with Gasteiger partial charge in [0.2, 0.25) is 5.91 Å². The van der Waals surface area contributed by atoms with Crippen LogP contribution in [0.5, 0.6) is 0 Å². The molecule has 0 radical (unpaired) electrons. The lowest BCUT2D eigenvalue weighted by atomic mass is 10.4. The summed E-state index contributed by atoms with van der Waals surface area (Å²) in [5, 5.41) is 9.92. The molecule has 2 N–H and O–H groups in total. The number of amides is 1. The van der Waals surface area contributed by atoms with Crippen molar-refractivity contribution in [2.24, 2.45) is 0 Å². The van der Waals surface area contributed by atoms with Crippen LogP contribution < -0.4 is 15.1 Å². The predicted octanol–water partition coefficient (Wildman–Crippen LogP) is -2.65. The SMILES string of the molecule is CC(C(=O)NCO)P(=O)([O-])[O-]. The van der Waals surface area contributed by atoms with Gasteiger partial charge in [-0.1, -0.05) is 7.60 Å². The normalized spacial score (nSPS) is 14.2. The Morgan fingerprint density at radius 2 is 2.18 bits per heavy atom. The van der Waals surface area contributed by atoms with Crippen LogP contribution in [0.3, 0.4) is 0 Å². The Morgan fingerprint density at radius 3 is 2.45 bits per heavy atom. The summed E-state index contributed by atoms with van der Waals surface area (Å²) < 4.78 is 10.2. The van der Waals surface area contributed by atoms with Crippen molar-refractivity contribution in [1.82, 2.24) is 5.32 Å². The van der Waals surface area contributed by atoms with Gasteiger partial charge in [-0.15, -0.1) is 0 Å². The first-order valence-corrected chi connectivity index (χ1v) is 4.41. The molecule has 0 bridgehead atoms. The van der Waals surface area contributed by atoms with Crippen LogP contribution in [0, 0.1) is 0 Å². The molecule has 0 aromatic heterocycles. The number of nitrogens with one attached hydrogen (secondary N) is 1. The van der Waals surface area contributed by atoms with Gasteiger partial charge in [0.1, 0.15) is 6.73 Å². The second-order valence-corrected chi connectivity index (χ2v) is 3.77. The molecule has 1 unspecified atom stereocenters. The Hall–Kier alpha value is -0.420. The monoisotopic (exact) mass is 181 g/mol. The molecule has 11 heavy (non-hydrogen) atoms. The Labute approximate surface area is 63.4 Å². The van der Waals surface area contributed by atoms with E-state index in [0.717, 1.165) is 6.92 Å². The lowest BCUT2D eigenvalue weighted by Gasteiger charge is -2.34. The minimum absolute atomic E-state index is 0.677. The largest absolute Gasteiger partial charge is 0.810 e. The summed E-state index contributed by atoms with van der Waals surface area (Å²) in [6.07, 6.45) is 0. The highest BCUT2D eigenvalue weighted by molar-refractivity contribution is 7.50. The van der Waals surface area contributed by atoms with Crippen LogP contribution in [0.25, 0.3) is 0 Å². The predicted molar refractivity (Wildman–Crippen MR) is 32.3 cm³/mol. The van der Waals surface area contributed by atoms with Crippen molar-refractivity contribution >= 4 is 13.5 Å². The first-order valence-electron chi connectivity index (χ1n) is 2.80. The van der Waals surface area contributed by atoms with E-state index in [1.54, 1.807) is 5.32 Å². The van der Waals surface area contributed by atoms with E-state index in [4.69, 9.17) is 5.11 Å². The zero-order valence-electron chi connectivity index (χ0n) is 5.81. The molecule has 0 heterocycles. The van der Waals surface area contributed by atoms with Crippen LogP contribution in [0.15, 0.2) is 0 Å². The van der Waals surface area contributed by atoms with Crippen LogP contribution >= 0.6 is 7.60 Å². The summed E-state index contributed by atoms with van der Waals surface area (Å²) in [6, 6.07) is 0. The van der Waals surface area contributed by atoms with Gasteiger partial charge in [-0.3, -0.25) is 4.79 Å². The number of carbonyl (C=O) groups excluding carboxylic acids is 1. The lowest BCUT2D eigenvalue weighted by molar-refractivity contribution is -0.315. The molecule has 0 saturated heterocycles. The Kier molecular flexibility index (Phi) is 3.68. The van der Waals surface area contributed by atoms with Crippen molar-refractivity contribution in [3.05, 3.63) is 0 Å². The summed E-state index contributed by atoms with van der Waals surface area (Å²) in [5.74, 6) is -0.985. The Balaban J connectivity index is 4.14. The first-order chi connectivity index (χ1) is 4.89. The van der Waals surface area contributed by atoms with Gasteiger partial charge in [-0.2, -0.15) is 0 Å². The highest BCUT2D eigenvalue weighted by atomic mass is 31.2. The van der Waals surface area contributed by atoms with E-state index >= 15 is 0 Å². The minimum Gasteiger partial charge on any atom is -0.810 e. The van der Waals surface area contributed by atoms with Gasteiger partial charge >= 0.3 is 0 Å². The number of hydrogen-bond donors (Lipinski definition) is 2. The number of hydrogen-bond acceptors (Lipinski definition) is 5. The molecule has 0 aromatic carbocycles. The second kappa shape index (κ2) is 3.82. The standard InChI is InChI=1S/C4H10NO5P/c1-3(11(8,9)10)4(7)5-2-6/h3,6H,2H2,1H3,(H,5,7)(H2,8,9,10)/p-2.